The highest BCUT2D eigenvalue weighted by atomic mass is 79.9. The number of fused-ring (bicyclic) bond motifs is 1. The van der Waals surface area contributed by atoms with E-state index in [1.807, 2.05) is 0 Å². The Morgan fingerprint density at radius 3 is 2.81 bits per heavy atom. The highest BCUT2D eigenvalue weighted by Crippen LogP contribution is 2.51. The van der Waals surface area contributed by atoms with Crippen molar-refractivity contribution in [3.8, 4) is 0 Å². The van der Waals surface area contributed by atoms with Gasteiger partial charge in [-0.05, 0) is 18.2 Å². The Labute approximate surface area is 104 Å². The number of alkyl halides is 1. The zero-order chi connectivity index (χ0) is 12.0. The van der Waals surface area contributed by atoms with E-state index in [4.69, 9.17) is 21.4 Å². The summed E-state index contributed by atoms with van der Waals surface area (Å²) in [5.74, 6) is 0. The molecule has 0 saturated carbocycles. The van der Waals surface area contributed by atoms with Crippen LogP contribution in [0.5, 0.6) is 0 Å². The summed E-state index contributed by atoms with van der Waals surface area (Å²) in [6.45, 7) is 0. The molecule has 0 aromatic heterocycles. The average Bonchev–Trinajstić information content (AvgIpc) is 2.41. The van der Waals surface area contributed by atoms with Gasteiger partial charge in [0.05, 0.1) is 11.9 Å². The van der Waals surface area contributed by atoms with Crippen molar-refractivity contribution in [2.24, 2.45) is 4.99 Å². The maximum atomic E-state index is 10.8. The summed E-state index contributed by atoms with van der Waals surface area (Å²) in [5, 5.41) is -1.71. The minimum atomic E-state index is -4.69. The monoisotopic (exact) mass is 325 g/mol. The van der Waals surface area contributed by atoms with E-state index in [9.17, 15) is 4.57 Å². The number of benzene rings is 1. The molecule has 1 aromatic rings. The van der Waals surface area contributed by atoms with Gasteiger partial charge in [0.2, 0.25) is 5.06 Å². The predicted octanol–water partition coefficient (Wildman–Crippen LogP) is 2.67. The van der Waals surface area contributed by atoms with Crippen LogP contribution in [0.15, 0.2) is 27.7 Å². The fraction of sp³-hybridized carbons (Fsp3) is 0.125. The second-order valence-electron chi connectivity index (χ2n) is 3.15. The summed E-state index contributed by atoms with van der Waals surface area (Å²) < 4.78 is 16.0. The SMILES string of the molecule is O=P(O)(O)OC1(Cl)C=Nc2ccc(Br)cc21. The lowest BCUT2D eigenvalue weighted by atomic mass is 10.1. The maximum absolute atomic E-state index is 10.8. The van der Waals surface area contributed by atoms with Crippen molar-refractivity contribution in [3.05, 3.63) is 28.2 Å². The van der Waals surface area contributed by atoms with E-state index < -0.39 is 12.9 Å². The maximum Gasteiger partial charge on any atom is 0.471 e. The standard InChI is InChI=1S/C8H6BrClNO4P/c9-5-1-2-7-6(3-5)8(10,4-11-7)15-16(12,13)14/h1-4H,(H2,12,13,14). The second-order valence-corrected chi connectivity index (χ2v) is 5.79. The van der Waals surface area contributed by atoms with Gasteiger partial charge in [-0.3, -0.25) is 9.52 Å². The molecule has 16 heavy (non-hydrogen) atoms. The van der Waals surface area contributed by atoms with Gasteiger partial charge in [-0.25, -0.2) is 4.57 Å². The van der Waals surface area contributed by atoms with Crippen LogP contribution in [-0.4, -0.2) is 16.0 Å². The quantitative estimate of drug-likeness (QED) is 0.647. The zero-order valence-electron chi connectivity index (χ0n) is 7.67. The van der Waals surface area contributed by atoms with Crippen molar-refractivity contribution in [1.29, 1.82) is 0 Å². The van der Waals surface area contributed by atoms with Crippen molar-refractivity contribution < 1.29 is 18.9 Å². The molecule has 1 atom stereocenters. The summed E-state index contributed by atoms with van der Waals surface area (Å²) in [6.07, 6.45) is 1.16. The molecule has 1 heterocycles. The van der Waals surface area contributed by atoms with Gasteiger partial charge in [-0.2, -0.15) is 0 Å². The molecule has 0 amide bonds. The van der Waals surface area contributed by atoms with Crippen molar-refractivity contribution in [1.82, 2.24) is 0 Å². The molecular formula is C8H6BrClNO4P. The summed E-state index contributed by atoms with van der Waals surface area (Å²) >= 11 is 9.21. The normalized spacial score (nSPS) is 23.5. The van der Waals surface area contributed by atoms with Crippen LogP contribution in [0.4, 0.5) is 5.69 Å². The molecule has 0 spiro atoms. The lowest BCUT2D eigenvalue weighted by Crippen LogP contribution is -2.20. The summed E-state index contributed by atoms with van der Waals surface area (Å²) in [6, 6.07) is 5.02. The van der Waals surface area contributed by atoms with Crippen LogP contribution in [0.2, 0.25) is 0 Å². The molecule has 86 valence electrons. The van der Waals surface area contributed by atoms with E-state index >= 15 is 0 Å². The first-order valence-electron chi connectivity index (χ1n) is 4.11. The molecule has 2 N–H and O–H groups in total. The van der Waals surface area contributed by atoms with Crippen molar-refractivity contribution >= 4 is 47.3 Å². The van der Waals surface area contributed by atoms with E-state index in [1.165, 1.54) is 0 Å². The minimum Gasteiger partial charge on any atom is -0.303 e. The van der Waals surface area contributed by atoms with Gasteiger partial charge in [0, 0.05) is 10.0 Å². The Balaban J connectivity index is 2.45. The molecule has 0 fully saturated rings. The van der Waals surface area contributed by atoms with Crippen molar-refractivity contribution in [2.45, 2.75) is 5.06 Å². The third-order valence-electron chi connectivity index (χ3n) is 1.95. The number of phosphoric ester groups is 1. The number of phosphoric acid groups is 1. The van der Waals surface area contributed by atoms with Gasteiger partial charge in [-0.15, -0.1) is 0 Å². The number of halogens is 2. The average molecular weight is 326 g/mol. The van der Waals surface area contributed by atoms with Gasteiger partial charge in [0.15, 0.2) is 0 Å². The first kappa shape index (κ1) is 12.2. The molecule has 8 heteroatoms. The van der Waals surface area contributed by atoms with Crippen LogP contribution in [0.1, 0.15) is 5.56 Å². The largest absolute Gasteiger partial charge is 0.471 e. The van der Waals surface area contributed by atoms with Crippen LogP contribution in [0.25, 0.3) is 0 Å². The van der Waals surface area contributed by atoms with E-state index in [0.29, 0.717) is 11.3 Å². The molecule has 0 saturated heterocycles. The third-order valence-corrected chi connectivity index (χ3v) is 3.45. The van der Waals surface area contributed by atoms with Gasteiger partial charge in [0.25, 0.3) is 0 Å². The Kier molecular flexibility index (Phi) is 2.99. The number of rotatable bonds is 2. The van der Waals surface area contributed by atoms with Crippen LogP contribution < -0.4 is 0 Å². The number of nitrogens with zero attached hydrogens (tertiary/aromatic N) is 1. The lowest BCUT2D eigenvalue weighted by Gasteiger charge is -2.20. The Hall–Kier alpha value is -0.230. The molecule has 1 aliphatic rings. The Morgan fingerprint density at radius 1 is 1.50 bits per heavy atom. The smallest absolute Gasteiger partial charge is 0.303 e. The number of hydrogen-bond acceptors (Lipinski definition) is 3. The Bertz CT molecular complexity index is 517. The van der Waals surface area contributed by atoms with Gasteiger partial charge >= 0.3 is 7.82 Å². The lowest BCUT2D eigenvalue weighted by molar-refractivity contribution is 0.152. The number of aliphatic imine (C=N–C) groups is 1. The second kappa shape index (κ2) is 3.91. The first-order chi connectivity index (χ1) is 7.30. The van der Waals surface area contributed by atoms with E-state index in [1.54, 1.807) is 18.2 Å². The molecule has 5 nitrogen and oxygen atoms in total. The third kappa shape index (κ3) is 2.37. The topological polar surface area (TPSA) is 79.1 Å². The zero-order valence-corrected chi connectivity index (χ0v) is 10.9. The molecule has 1 aliphatic heterocycles. The minimum absolute atomic E-state index is 0.395. The molecular weight excluding hydrogens is 320 g/mol. The van der Waals surface area contributed by atoms with Crippen molar-refractivity contribution in [3.63, 3.8) is 0 Å². The van der Waals surface area contributed by atoms with Gasteiger partial charge in [-0.1, -0.05) is 27.5 Å². The van der Waals surface area contributed by atoms with Crippen molar-refractivity contribution in [2.75, 3.05) is 0 Å². The van der Waals surface area contributed by atoms with E-state index in [0.717, 1.165) is 10.7 Å². The fourth-order valence-corrected chi connectivity index (χ4v) is 2.68. The van der Waals surface area contributed by atoms with Crippen LogP contribution in [0.3, 0.4) is 0 Å². The first-order valence-corrected chi connectivity index (χ1v) is 6.81. The number of hydrogen-bond donors (Lipinski definition) is 2. The summed E-state index contributed by atoms with van der Waals surface area (Å²) in [5.41, 5.74) is 0.915. The van der Waals surface area contributed by atoms with Crippen LogP contribution in [0, 0.1) is 0 Å². The molecule has 0 bridgehead atoms. The van der Waals surface area contributed by atoms with E-state index in [-0.39, 0.29) is 0 Å². The van der Waals surface area contributed by atoms with Gasteiger partial charge < -0.3 is 9.79 Å². The van der Waals surface area contributed by atoms with Crippen LogP contribution >= 0.6 is 35.4 Å². The summed E-state index contributed by atoms with van der Waals surface area (Å²) in [7, 11) is -4.69. The molecule has 1 unspecified atom stereocenters. The predicted molar refractivity (Wildman–Crippen MR) is 63.0 cm³/mol. The van der Waals surface area contributed by atoms with Gasteiger partial charge in [0.1, 0.15) is 0 Å². The molecule has 0 aliphatic carbocycles. The van der Waals surface area contributed by atoms with E-state index in [2.05, 4.69) is 25.4 Å². The highest BCUT2D eigenvalue weighted by molar-refractivity contribution is 9.10. The highest BCUT2D eigenvalue weighted by Gasteiger charge is 2.41. The Morgan fingerprint density at radius 2 is 2.19 bits per heavy atom. The molecule has 0 radical (unpaired) electrons. The fourth-order valence-electron chi connectivity index (χ4n) is 1.36. The van der Waals surface area contributed by atoms with Crippen LogP contribution in [-0.2, 0) is 14.1 Å². The molecule has 1 aromatic carbocycles. The summed E-state index contributed by atoms with van der Waals surface area (Å²) in [4.78, 5) is 21.5. The molecule has 2 rings (SSSR count).